The van der Waals surface area contributed by atoms with Crippen molar-refractivity contribution in [2.45, 2.75) is 22.6 Å². The van der Waals surface area contributed by atoms with Gasteiger partial charge < -0.3 is 9.84 Å². The Balaban J connectivity index is 1.39. The first-order chi connectivity index (χ1) is 24.6. The SMILES string of the molecule is C=Cc1ccc(N2C(=O)C3CC=C4C(CC5(Cl)C(=O)N(c6c(F)c(F)c(F)c(F)c6F)C(=O)C5(Cl)C4C=Cc4ccc(O)c(OC)c4)C3C2=O)cc1. The molecule has 3 fully saturated rings. The number of rotatable bonds is 6. The maximum atomic E-state index is 15.2. The van der Waals surface area contributed by atoms with E-state index in [2.05, 4.69) is 6.58 Å². The first-order valence-corrected chi connectivity index (χ1v) is 16.5. The largest absolute Gasteiger partial charge is 0.504 e. The molecule has 6 unspecified atom stereocenters. The third-order valence-electron chi connectivity index (χ3n) is 10.3. The predicted molar refractivity (Wildman–Crippen MR) is 180 cm³/mol. The Morgan fingerprint density at radius 3 is 2.08 bits per heavy atom. The number of anilines is 2. The fraction of sp³-hybridized carbons (Fsp3) is 0.243. The lowest BCUT2D eigenvalue weighted by Crippen LogP contribution is -2.60. The molecule has 15 heteroatoms. The average Bonchev–Trinajstić information content (AvgIpc) is 3.48. The van der Waals surface area contributed by atoms with Crippen LogP contribution in [-0.2, 0) is 19.2 Å². The van der Waals surface area contributed by atoms with Gasteiger partial charge in [-0.05, 0) is 54.2 Å². The molecule has 2 saturated heterocycles. The van der Waals surface area contributed by atoms with Gasteiger partial charge in [-0.15, -0.1) is 23.2 Å². The summed E-state index contributed by atoms with van der Waals surface area (Å²) in [6.45, 7) is 3.69. The van der Waals surface area contributed by atoms with E-state index in [1.807, 2.05) is 0 Å². The van der Waals surface area contributed by atoms with Crippen molar-refractivity contribution < 1.29 is 51.0 Å². The zero-order valence-corrected chi connectivity index (χ0v) is 28.3. The lowest BCUT2D eigenvalue weighted by Gasteiger charge is -2.49. The number of carbonyl (C=O) groups is 4. The molecule has 6 atom stereocenters. The number of hydrogen-bond acceptors (Lipinski definition) is 6. The Labute approximate surface area is 302 Å². The second-order valence-electron chi connectivity index (χ2n) is 12.8. The minimum atomic E-state index is -2.65. The van der Waals surface area contributed by atoms with Crippen LogP contribution in [0.3, 0.4) is 0 Å². The van der Waals surface area contributed by atoms with Crippen LogP contribution in [-0.4, -0.2) is 45.6 Å². The van der Waals surface area contributed by atoms with E-state index >= 15 is 8.78 Å². The Morgan fingerprint density at radius 2 is 1.46 bits per heavy atom. The number of amides is 4. The van der Waals surface area contributed by atoms with Crippen LogP contribution in [0.2, 0.25) is 0 Å². The van der Waals surface area contributed by atoms with E-state index in [9.17, 15) is 37.5 Å². The number of halogens is 7. The third kappa shape index (κ3) is 4.71. The summed E-state index contributed by atoms with van der Waals surface area (Å²) in [4.78, 5) is 52.1. The first kappa shape index (κ1) is 35.4. The fourth-order valence-corrected chi connectivity index (χ4v) is 8.72. The number of phenols is 1. The minimum Gasteiger partial charge on any atom is -0.504 e. The summed E-state index contributed by atoms with van der Waals surface area (Å²) >= 11 is 14.2. The van der Waals surface area contributed by atoms with Crippen LogP contribution < -0.4 is 14.5 Å². The van der Waals surface area contributed by atoms with Gasteiger partial charge in [-0.25, -0.2) is 26.9 Å². The summed E-state index contributed by atoms with van der Waals surface area (Å²) in [5, 5.41) is 10.1. The second kappa shape index (κ2) is 12.3. The number of nitrogens with zero attached hydrogens (tertiary/aromatic N) is 2. The number of fused-ring (bicyclic) bond motifs is 4. The van der Waals surface area contributed by atoms with Crippen LogP contribution >= 0.6 is 23.2 Å². The zero-order chi connectivity index (χ0) is 37.6. The van der Waals surface area contributed by atoms with Gasteiger partial charge in [0.15, 0.2) is 44.5 Å². The van der Waals surface area contributed by atoms with Crippen LogP contribution in [0.1, 0.15) is 24.0 Å². The molecule has 8 nitrogen and oxygen atoms in total. The number of methoxy groups -OCH3 is 1. The Morgan fingerprint density at radius 1 is 0.846 bits per heavy atom. The highest BCUT2D eigenvalue weighted by Crippen LogP contribution is 2.64. The molecular formula is C37H25Cl2F5N2O6. The van der Waals surface area contributed by atoms with Gasteiger partial charge in [-0.3, -0.25) is 24.1 Å². The van der Waals surface area contributed by atoms with Crippen molar-refractivity contribution in [3.8, 4) is 11.5 Å². The molecule has 0 bridgehead atoms. The molecule has 0 radical (unpaired) electrons. The number of aromatic hydroxyl groups is 1. The Hall–Kier alpha value is -5.01. The van der Waals surface area contributed by atoms with E-state index in [4.69, 9.17) is 27.9 Å². The predicted octanol–water partition coefficient (Wildman–Crippen LogP) is 7.05. The van der Waals surface area contributed by atoms with E-state index in [0.29, 0.717) is 11.1 Å². The molecule has 0 spiro atoms. The molecular weight excluding hydrogens is 734 g/mol. The van der Waals surface area contributed by atoms with Gasteiger partial charge in [0.1, 0.15) is 5.69 Å². The number of ether oxygens (including phenoxy) is 1. The van der Waals surface area contributed by atoms with Crippen molar-refractivity contribution in [1.29, 1.82) is 0 Å². The molecule has 3 aromatic rings. The van der Waals surface area contributed by atoms with Gasteiger partial charge in [0, 0.05) is 5.92 Å². The number of benzene rings is 3. The summed E-state index contributed by atoms with van der Waals surface area (Å²) in [5.41, 5.74) is -0.200. The van der Waals surface area contributed by atoms with Crippen LogP contribution in [0, 0.1) is 52.8 Å². The standard InChI is InChI=1S/C37H25Cl2F5N2O6/c1-3-16-4-8-18(9-5-16)45-32(48)20-11-10-19-21(25(20)33(45)49)15-36(38)34(50)46(31-29(43)27(41)26(40)28(42)30(31)44)35(51)37(36,39)22(19)12-6-17-7-13-23(47)24(14-17)52-2/h3-10,12-14,20-22,25,47H,1,11,15H2,2H3. The first-order valence-electron chi connectivity index (χ1n) is 15.8. The minimum absolute atomic E-state index is 0.00850. The molecule has 2 heterocycles. The van der Waals surface area contributed by atoms with Gasteiger partial charge in [-0.1, -0.05) is 54.7 Å². The topological polar surface area (TPSA) is 104 Å². The van der Waals surface area contributed by atoms with Gasteiger partial charge in [0.05, 0.1) is 24.6 Å². The lowest BCUT2D eigenvalue weighted by atomic mass is 9.57. The number of imide groups is 2. The van der Waals surface area contributed by atoms with Crippen LogP contribution in [0.25, 0.3) is 12.2 Å². The van der Waals surface area contributed by atoms with Crippen molar-refractivity contribution in [2.75, 3.05) is 16.9 Å². The molecule has 1 N–H and O–H groups in total. The highest BCUT2D eigenvalue weighted by molar-refractivity contribution is 6.58. The maximum Gasteiger partial charge on any atom is 0.258 e. The molecule has 4 amide bonds. The van der Waals surface area contributed by atoms with E-state index in [1.165, 1.54) is 37.5 Å². The molecule has 2 aliphatic carbocycles. The highest BCUT2D eigenvalue weighted by Gasteiger charge is 2.76. The average molecular weight is 760 g/mol. The monoisotopic (exact) mass is 758 g/mol. The summed E-state index contributed by atoms with van der Waals surface area (Å²) in [6.07, 6.45) is 5.32. The highest BCUT2D eigenvalue weighted by atomic mass is 35.5. The number of alkyl halides is 2. The van der Waals surface area contributed by atoms with Gasteiger partial charge in [0.2, 0.25) is 17.6 Å². The molecule has 52 heavy (non-hydrogen) atoms. The molecule has 3 aromatic carbocycles. The summed E-state index contributed by atoms with van der Waals surface area (Å²) < 4.78 is 78.5. The molecule has 1 saturated carbocycles. The molecule has 2 aliphatic heterocycles. The van der Waals surface area contributed by atoms with Crippen molar-refractivity contribution in [3.63, 3.8) is 0 Å². The molecule has 4 aliphatic rings. The summed E-state index contributed by atoms with van der Waals surface area (Å²) in [5.74, 6) is -21.3. The Bertz CT molecular complexity index is 2170. The van der Waals surface area contributed by atoms with Crippen LogP contribution in [0.5, 0.6) is 11.5 Å². The van der Waals surface area contributed by atoms with Crippen molar-refractivity contribution in [3.05, 3.63) is 107 Å². The molecule has 7 rings (SSSR count). The fourth-order valence-electron chi connectivity index (χ4n) is 7.83. The molecule has 0 aromatic heterocycles. The third-order valence-corrected chi connectivity index (χ3v) is 11.8. The maximum absolute atomic E-state index is 15.2. The van der Waals surface area contributed by atoms with Gasteiger partial charge in [0.25, 0.3) is 11.8 Å². The number of carbonyl (C=O) groups excluding carboxylic acids is 4. The van der Waals surface area contributed by atoms with Crippen LogP contribution in [0.15, 0.2) is 66.8 Å². The second-order valence-corrected chi connectivity index (χ2v) is 14.1. The summed E-state index contributed by atoms with van der Waals surface area (Å²) in [6, 6.07) is 10.6. The summed E-state index contributed by atoms with van der Waals surface area (Å²) in [7, 11) is 1.31. The van der Waals surface area contributed by atoms with E-state index in [0.717, 1.165) is 10.5 Å². The smallest absolute Gasteiger partial charge is 0.258 e. The van der Waals surface area contributed by atoms with Crippen molar-refractivity contribution in [1.82, 2.24) is 0 Å². The van der Waals surface area contributed by atoms with Crippen molar-refractivity contribution in [2.24, 2.45) is 23.7 Å². The number of phenolic OH excluding ortho intramolecular Hbond substituents is 1. The zero-order valence-electron chi connectivity index (χ0n) is 26.8. The molecule has 268 valence electrons. The number of allylic oxidation sites excluding steroid dienone is 3. The van der Waals surface area contributed by atoms with Crippen LogP contribution in [0.4, 0.5) is 33.3 Å². The van der Waals surface area contributed by atoms with Crippen molar-refractivity contribution >= 4 is 70.4 Å². The van der Waals surface area contributed by atoms with Gasteiger partial charge in [-0.2, -0.15) is 0 Å². The lowest BCUT2D eigenvalue weighted by molar-refractivity contribution is -0.125. The van der Waals surface area contributed by atoms with E-state index in [-0.39, 0.29) is 28.5 Å². The normalized spacial score (nSPS) is 28.3. The van der Waals surface area contributed by atoms with E-state index < -0.39 is 98.2 Å². The van der Waals surface area contributed by atoms with Gasteiger partial charge >= 0.3 is 0 Å². The Kier molecular flexibility index (Phi) is 8.37. The number of hydrogen-bond donors (Lipinski definition) is 1. The quantitative estimate of drug-likeness (QED) is 0.0722. The van der Waals surface area contributed by atoms with E-state index in [1.54, 1.807) is 36.4 Å².